The summed E-state index contributed by atoms with van der Waals surface area (Å²) in [5.41, 5.74) is 0.783. The first-order valence-corrected chi connectivity index (χ1v) is 6.41. The lowest BCUT2D eigenvalue weighted by molar-refractivity contribution is 0.0782. The molecule has 1 aliphatic rings. The quantitative estimate of drug-likeness (QED) is 0.893. The van der Waals surface area contributed by atoms with Gasteiger partial charge in [0, 0.05) is 18.6 Å². The summed E-state index contributed by atoms with van der Waals surface area (Å²) in [5.74, 6) is -1.28. The van der Waals surface area contributed by atoms with E-state index in [9.17, 15) is 8.78 Å². The van der Waals surface area contributed by atoms with Crippen molar-refractivity contribution in [2.24, 2.45) is 5.92 Å². The van der Waals surface area contributed by atoms with Crippen molar-refractivity contribution in [3.8, 4) is 0 Å². The number of nitrogens with one attached hydrogen (secondary N) is 1. The standard InChI is InChI=1S/C14H19F2NO/c1-3-13-10(6-7-18-13)14(17-2)9-4-5-11(15)12(16)8-9/h4-5,8,10,13-14,17H,3,6-7H2,1-2H3. The first-order chi connectivity index (χ1) is 8.67. The summed E-state index contributed by atoms with van der Waals surface area (Å²) >= 11 is 0. The minimum absolute atomic E-state index is 0.00699. The van der Waals surface area contributed by atoms with Crippen molar-refractivity contribution in [1.82, 2.24) is 5.32 Å². The van der Waals surface area contributed by atoms with Gasteiger partial charge in [-0.2, -0.15) is 0 Å². The molecule has 0 aliphatic carbocycles. The summed E-state index contributed by atoms with van der Waals surface area (Å²) in [4.78, 5) is 0. The van der Waals surface area contributed by atoms with Crippen LogP contribution in [0.5, 0.6) is 0 Å². The average Bonchev–Trinajstić information content (AvgIpc) is 2.83. The van der Waals surface area contributed by atoms with E-state index < -0.39 is 11.6 Å². The van der Waals surface area contributed by atoms with E-state index in [1.807, 2.05) is 7.05 Å². The van der Waals surface area contributed by atoms with Gasteiger partial charge in [-0.05, 0) is 37.6 Å². The zero-order valence-corrected chi connectivity index (χ0v) is 10.7. The van der Waals surface area contributed by atoms with Crippen molar-refractivity contribution in [2.45, 2.75) is 31.9 Å². The highest BCUT2D eigenvalue weighted by Gasteiger charge is 2.33. The highest BCUT2D eigenvalue weighted by Crippen LogP contribution is 2.34. The van der Waals surface area contributed by atoms with E-state index >= 15 is 0 Å². The summed E-state index contributed by atoms with van der Waals surface area (Å²) in [6.07, 6.45) is 2.07. The highest BCUT2D eigenvalue weighted by molar-refractivity contribution is 5.22. The Labute approximate surface area is 106 Å². The summed E-state index contributed by atoms with van der Waals surface area (Å²) in [5, 5.41) is 3.20. The second-order valence-electron chi connectivity index (χ2n) is 4.71. The zero-order valence-electron chi connectivity index (χ0n) is 10.7. The molecule has 4 heteroatoms. The predicted octanol–water partition coefficient (Wildman–Crippen LogP) is 3.04. The van der Waals surface area contributed by atoms with Crippen molar-refractivity contribution >= 4 is 0 Å². The third kappa shape index (κ3) is 2.54. The van der Waals surface area contributed by atoms with Gasteiger partial charge in [-0.3, -0.25) is 0 Å². The number of rotatable bonds is 4. The van der Waals surface area contributed by atoms with Gasteiger partial charge >= 0.3 is 0 Å². The second-order valence-corrected chi connectivity index (χ2v) is 4.71. The summed E-state index contributed by atoms with van der Waals surface area (Å²) < 4.78 is 31.9. The third-order valence-corrected chi connectivity index (χ3v) is 3.70. The summed E-state index contributed by atoms with van der Waals surface area (Å²) in [7, 11) is 1.84. The molecule has 0 spiro atoms. The molecule has 1 N–H and O–H groups in total. The van der Waals surface area contributed by atoms with Crippen molar-refractivity contribution in [1.29, 1.82) is 0 Å². The molecule has 2 rings (SSSR count). The number of halogens is 2. The van der Waals surface area contributed by atoms with Gasteiger partial charge in [-0.1, -0.05) is 13.0 Å². The maximum atomic E-state index is 13.3. The smallest absolute Gasteiger partial charge is 0.159 e. The molecular weight excluding hydrogens is 236 g/mol. The largest absolute Gasteiger partial charge is 0.378 e. The molecule has 0 saturated carbocycles. The number of hydrogen-bond acceptors (Lipinski definition) is 2. The highest BCUT2D eigenvalue weighted by atomic mass is 19.2. The topological polar surface area (TPSA) is 21.3 Å². The maximum absolute atomic E-state index is 13.3. The van der Waals surface area contributed by atoms with Gasteiger partial charge in [0.15, 0.2) is 11.6 Å². The molecule has 0 radical (unpaired) electrons. The van der Waals surface area contributed by atoms with E-state index in [1.54, 1.807) is 6.07 Å². The molecule has 3 atom stereocenters. The normalized spacial score (nSPS) is 25.3. The Bertz CT molecular complexity index is 411. The van der Waals surface area contributed by atoms with Crippen LogP contribution in [-0.2, 0) is 4.74 Å². The third-order valence-electron chi connectivity index (χ3n) is 3.70. The lowest BCUT2D eigenvalue weighted by Gasteiger charge is -2.27. The van der Waals surface area contributed by atoms with Gasteiger partial charge < -0.3 is 10.1 Å². The molecule has 18 heavy (non-hydrogen) atoms. The molecule has 1 fully saturated rings. The Morgan fingerprint density at radius 1 is 1.39 bits per heavy atom. The molecular formula is C14H19F2NO. The van der Waals surface area contributed by atoms with Crippen LogP contribution in [0, 0.1) is 17.6 Å². The van der Waals surface area contributed by atoms with Gasteiger partial charge in [0.1, 0.15) is 0 Å². The van der Waals surface area contributed by atoms with E-state index in [-0.39, 0.29) is 12.1 Å². The molecule has 100 valence electrons. The van der Waals surface area contributed by atoms with Crippen molar-refractivity contribution in [3.05, 3.63) is 35.4 Å². The SMILES string of the molecule is CCC1OCCC1C(NC)c1ccc(F)c(F)c1. The first-order valence-electron chi connectivity index (χ1n) is 6.41. The minimum atomic E-state index is -0.802. The Morgan fingerprint density at radius 2 is 2.17 bits per heavy atom. The molecule has 2 nitrogen and oxygen atoms in total. The molecule has 1 heterocycles. The fourth-order valence-corrected chi connectivity index (χ4v) is 2.80. The van der Waals surface area contributed by atoms with E-state index in [0.29, 0.717) is 5.92 Å². The van der Waals surface area contributed by atoms with Crippen LogP contribution in [0.15, 0.2) is 18.2 Å². The lowest BCUT2D eigenvalue weighted by Crippen LogP contribution is -2.30. The Hall–Kier alpha value is -1.00. The molecule has 1 aromatic rings. The molecule has 1 aliphatic heterocycles. The van der Waals surface area contributed by atoms with Crippen molar-refractivity contribution < 1.29 is 13.5 Å². The van der Waals surface area contributed by atoms with Gasteiger partial charge in [-0.15, -0.1) is 0 Å². The number of ether oxygens (including phenoxy) is 1. The Morgan fingerprint density at radius 3 is 2.78 bits per heavy atom. The molecule has 1 saturated heterocycles. The van der Waals surface area contributed by atoms with Crippen LogP contribution >= 0.6 is 0 Å². The summed E-state index contributed by atoms with van der Waals surface area (Å²) in [6, 6.07) is 4.12. The van der Waals surface area contributed by atoms with E-state index in [2.05, 4.69) is 12.2 Å². The van der Waals surface area contributed by atoms with E-state index in [4.69, 9.17) is 4.74 Å². The minimum Gasteiger partial charge on any atom is -0.378 e. The lowest BCUT2D eigenvalue weighted by atomic mass is 9.87. The van der Waals surface area contributed by atoms with E-state index in [1.165, 1.54) is 12.1 Å². The monoisotopic (exact) mass is 255 g/mol. The van der Waals surface area contributed by atoms with Crippen LogP contribution in [0.3, 0.4) is 0 Å². The van der Waals surface area contributed by atoms with Gasteiger partial charge in [0.05, 0.1) is 6.10 Å². The fraction of sp³-hybridized carbons (Fsp3) is 0.571. The van der Waals surface area contributed by atoms with Gasteiger partial charge in [-0.25, -0.2) is 8.78 Å². The van der Waals surface area contributed by atoms with Gasteiger partial charge in [0.2, 0.25) is 0 Å². The van der Waals surface area contributed by atoms with E-state index in [0.717, 1.165) is 25.0 Å². The van der Waals surface area contributed by atoms with Crippen LogP contribution in [0.2, 0.25) is 0 Å². The molecule has 1 aromatic carbocycles. The Kier molecular flexibility index (Phi) is 4.30. The molecule has 3 unspecified atom stereocenters. The molecule has 0 amide bonds. The number of hydrogen-bond donors (Lipinski definition) is 1. The predicted molar refractivity (Wildman–Crippen MR) is 66.3 cm³/mol. The van der Waals surface area contributed by atoms with Gasteiger partial charge in [0.25, 0.3) is 0 Å². The first kappa shape index (κ1) is 13.4. The van der Waals surface area contributed by atoms with Crippen LogP contribution < -0.4 is 5.32 Å². The number of benzene rings is 1. The van der Waals surface area contributed by atoms with Crippen molar-refractivity contribution in [3.63, 3.8) is 0 Å². The second kappa shape index (κ2) is 5.76. The van der Waals surface area contributed by atoms with Crippen LogP contribution in [0.1, 0.15) is 31.4 Å². The summed E-state index contributed by atoms with van der Waals surface area (Å²) in [6.45, 7) is 2.83. The maximum Gasteiger partial charge on any atom is 0.159 e. The Balaban J connectivity index is 2.24. The zero-order chi connectivity index (χ0) is 13.1. The van der Waals surface area contributed by atoms with Crippen LogP contribution in [-0.4, -0.2) is 19.8 Å². The van der Waals surface area contributed by atoms with Crippen LogP contribution in [0.25, 0.3) is 0 Å². The van der Waals surface area contributed by atoms with Crippen LogP contribution in [0.4, 0.5) is 8.78 Å². The fourth-order valence-electron chi connectivity index (χ4n) is 2.80. The average molecular weight is 255 g/mol. The van der Waals surface area contributed by atoms with Crippen molar-refractivity contribution in [2.75, 3.05) is 13.7 Å². The molecule has 0 bridgehead atoms. The molecule has 0 aromatic heterocycles.